The highest BCUT2D eigenvalue weighted by Crippen LogP contribution is 2.58. The lowest BCUT2D eigenvalue weighted by Gasteiger charge is -2.54. The number of benzene rings is 1. The lowest BCUT2D eigenvalue weighted by Crippen LogP contribution is -2.54. The normalized spacial score (nSPS) is 25.2. The van der Waals surface area contributed by atoms with Gasteiger partial charge in [-0.3, -0.25) is 14.2 Å². The SMILES string of the molecule is Cc1nc2nc(Oc3ccccc3)nc(N)c2c(=O)n1-c1ccc(N2C3CCC2CC2(CC(C(=O)O)C2)C3)nc1. The van der Waals surface area contributed by atoms with Crippen molar-refractivity contribution in [2.24, 2.45) is 11.3 Å². The van der Waals surface area contributed by atoms with Gasteiger partial charge >= 0.3 is 12.0 Å². The van der Waals surface area contributed by atoms with E-state index in [9.17, 15) is 14.7 Å². The molecule has 3 aliphatic rings. The highest BCUT2D eigenvalue weighted by Gasteiger charge is 2.55. The number of carboxylic acids is 1. The fraction of sp³-hybridized carbons (Fsp3) is 0.379. The predicted octanol–water partition coefficient (Wildman–Crippen LogP) is 3.87. The van der Waals surface area contributed by atoms with Crippen LogP contribution in [0.2, 0.25) is 0 Å². The summed E-state index contributed by atoms with van der Waals surface area (Å²) in [5.41, 5.74) is 6.73. The molecule has 1 aliphatic carbocycles. The van der Waals surface area contributed by atoms with Gasteiger partial charge in [-0.15, -0.1) is 0 Å². The number of para-hydroxylation sites is 1. The van der Waals surface area contributed by atoms with Crippen LogP contribution in [0.3, 0.4) is 0 Å². The van der Waals surface area contributed by atoms with Crippen molar-refractivity contribution in [3.63, 3.8) is 0 Å². The van der Waals surface area contributed by atoms with Crippen LogP contribution in [0.5, 0.6) is 11.8 Å². The number of piperidine rings is 1. The Morgan fingerprint density at radius 2 is 1.75 bits per heavy atom. The van der Waals surface area contributed by atoms with Gasteiger partial charge in [0.2, 0.25) is 0 Å². The number of pyridine rings is 1. The topological polar surface area (TPSA) is 149 Å². The number of nitrogens with two attached hydrogens (primary N) is 1. The Morgan fingerprint density at radius 1 is 1.02 bits per heavy atom. The van der Waals surface area contributed by atoms with Crippen molar-refractivity contribution in [3.05, 3.63) is 64.8 Å². The second kappa shape index (κ2) is 9.00. The molecule has 2 aliphatic heterocycles. The molecule has 204 valence electrons. The molecule has 1 aromatic carbocycles. The van der Waals surface area contributed by atoms with E-state index in [0.29, 0.717) is 29.3 Å². The molecule has 3 N–H and O–H groups in total. The lowest BCUT2D eigenvalue weighted by atomic mass is 9.56. The maximum absolute atomic E-state index is 13.6. The van der Waals surface area contributed by atoms with Gasteiger partial charge in [-0.25, -0.2) is 9.97 Å². The number of aliphatic carboxylic acids is 1. The van der Waals surface area contributed by atoms with Gasteiger partial charge in [-0.05, 0) is 75.1 Å². The molecule has 1 saturated carbocycles. The van der Waals surface area contributed by atoms with Crippen LogP contribution >= 0.6 is 0 Å². The number of fused-ring (bicyclic) bond motifs is 3. The minimum Gasteiger partial charge on any atom is -0.481 e. The summed E-state index contributed by atoms with van der Waals surface area (Å²) in [4.78, 5) is 45.2. The first kappa shape index (κ1) is 24.5. The molecule has 5 heterocycles. The molecule has 2 saturated heterocycles. The number of nitrogens with zero attached hydrogens (tertiary/aromatic N) is 6. The van der Waals surface area contributed by atoms with Crippen molar-refractivity contribution in [2.45, 2.75) is 57.5 Å². The number of nitrogen functional groups attached to an aromatic ring is 1. The number of ether oxygens (including phenoxy) is 1. The summed E-state index contributed by atoms with van der Waals surface area (Å²) >= 11 is 0. The third-order valence-corrected chi connectivity index (χ3v) is 8.78. The van der Waals surface area contributed by atoms with E-state index < -0.39 is 5.97 Å². The number of rotatable bonds is 5. The Balaban J connectivity index is 1.16. The van der Waals surface area contributed by atoms with Crippen LogP contribution in [0.4, 0.5) is 11.6 Å². The van der Waals surface area contributed by atoms with Crippen LogP contribution in [0.25, 0.3) is 16.7 Å². The Kier molecular flexibility index (Phi) is 5.51. The van der Waals surface area contributed by atoms with E-state index in [4.69, 9.17) is 15.5 Å². The molecular weight excluding hydrogens is 510 g/mol. The van der Waals surface area contributed by atoms with Gasteiger partial charge in [0.25, 0.3) is 5.56 Å². The minimum absolute atomic E-state index is 0.00767. The van der Waals surface area contributed by atoms with E-state index in [1.54, 1.807) is 25.3 Å². The van der Waals surface area contributed by atoms with E-state index in [-0.39, 0.29) is 39.8 Å². The van der Waals surface area contributed by atoms with Gasteiger partial charge in [-0.1, -0.05) is 18.2 Å². The number of anilines is 2. The molecule has 40 heavy (non-hydrogen) atoms. The van der Waals surface area contributed by atoms with E-state index in [2.05, 4.69) is 19.9 Å². The molecule has 3 aromatic heterocycles. The third-order valence-electron chi connectivity index (χ3n) is 8.78. The number of carboxylic acid groups (broad SMARTS) is 1. The molecule has 4 aromatic rings. The molecule has 2 unspecified atom stereocenters. The fourth-order valence-corrected chi connectivity index (χ4v) is 7.11. The summed E-state index contributed by atoms with van der Waals surface area (Å²) in [6, 6.07) is 13.6. The van der Waals surface area contributed by atoms with Crippen LogP contribution in [0, 0.1) is 18.3 Å². The maximum atomic E-state index is 13.6. The largest absolute Gasteiger partial charge is 0.481 e. The molecule has 1 spiro atoms. The number of carbonyl (C=O) groups is 1. The van der Waals surface area contributed by atoms with Crippen molar-refractivity contribution < 1.29 is 14.6 Å². The molecule has 11 nitrogen and oxygen atoms in total. The Bertz CT molecular complexity index is 1670. The summed E-state index contributed by atoms with van der Waals surface area (Å²) in [7, 11) is 0. The first-order chi connectivity index (χ1) is 19.3. The Labute approximate surface area is 229 Å². The summed E-state index contributed by atoms with van der Waals surface area (Å²) in [6.07, 6.45) is 7.48. The summed E-state index contributed by atoms with van der Waals surface area (Å²) < 4.78 is 7.17. The maximum Gasteiger partial charge on any atom is 0.326 e. The summed E-state index contributed by atoms with van der Waals surface area (Å²) in [5, 5.41) is 9.48. The number of aryl methyl sites for hydroxylation is 1. The molecule has 0 amide bonds. The van der Waals surface area contributed by atoms with Crippen molar-refractivity contribution in [3.8, 4) is 17.4 Å². The highest BCUT2D eigenvalue weighted by molar-refractivity contribution is 5.85. The van der Waals surface area contributed by atoms with Crippen LogP contribution < -0.4 is 20.9 Å². The predicted molar refractivity (Wildman–Crippen MR) is 148 cm³/mol. The van der Waals surface area contributed by atoms with E-state index in [1.807, 2.05) is 30.3 Å². The first-order valence-electron chi connectivity index (χ1n) is 13.6. The van der Waals surface area contributed by atoms with E-state index >= 15 is 0 Å². The Hall–Kier alpha value is -4.54. The van der Waals surface area contributed by atoms with Crippen LogP contribution in [-0.2, 0) is 4.79 Å². The quantitative estimate of drug-likeness (QED) is 0.383. The smallest absolute Gasteiger partial charge is 0.326 e. The number of hydrogen-bond acceptors (Lipinski definition) is 9. The van der Waals surface area contributed by atoms with Gasteiger partial charge in [0.1, 0.15) is 28.6 Å². The average Bonchev–Trinajstić information content (AvgIpc) is 3.17. The zero-order chi connectivity index (χ0) is 27.6. The van der Waals surface area contributed by atoms with Gasteiger partial charge in [-0.2, -0.15) is 9.97 Å². The number of hydrogen-bond donors (Lipinski definition) is 2. The van der Waals surface area contributed by atoms with Gasteiger partial charge < -0.3 is 20.5 Å². The lowest BCUT2D eigenvalue weighted by molar-refractivity contribution is -0.151. The molecule has 2 atom stereocenters. The first-order valence-corrected chi connectivity index (χ1v) is 13.6. The molecule has 0 radical (unpaired) electrons. The van der Waals surface area contributed by atoms with Crippen molar-refractivity contribution in [1.29, 1.82) is 0 Å². The summed E-state index contributed by atoms with van der Waals surface area (Å²) in [6.45, 7) is 1.73. The van der Waals surface area contributed by atoms with Crippen molar-refractivity contribution in [2.75, 3.05) is 10.6 Å². The zero-order valence-electron chi connectivity index (χ0n) is 22.0. The average molecular weight is 540 g/mol. The standard InChI is InChI=1S/C29H29N7O4/c1-16-32-25-23(24(30)33-28(34-25)40-21-5-3-2-4-6-21)26(37)35(16)20-9-10-22(31-15-20)36-18-7-8-19(36)14-29(13-18)11-17(12-29)27(38)39/h2-6,9-10,15,17-19H,7-8,11-14H2,1H3,(H,38,39)(H2,30,33,34). The number of aromatic nitrogens is 5. The molecular formula is C29H29N7O4. The molecule has 11 heteroatoms. The van der Waals surface area contributed by atoms with Gasteiger partial charge in [0, 0.05) is 12.1 Å². The van der Waals surface area contributed by atoms with Crippen molar-refractivity contribution >= 4 is 28.6 Å². The van der Waals surface area contributed by atoms with Crippen LogP contribution in [-0.4, -0.2) is 47.7 Å². The minimum atomic E-state index is -0.666. The summed E-state index contributed by atoms with van der Waals surface area (Å²) in [5.74, 6) is 1.00. The molecule has 2 bridgehead atoms. The zero-order valence-corrected chi connectivity index (χ0v) is 22.0. The molecule has 7 rings (SSSR count). The molecule has 3 fully saturated rings. The second-order valence-corrected chi connectivity index (χ2v) is 11.3. The van der Waals surface area contributed by atoms with Crippen LogP contribution in [0.15, 0.2) is 53.5 Å². The second-order valence-electron chi connectivity index (χ2n) is 11.3. The fourth-order valence-electron chi connectivity index (χ4n) is 7.11. The van der Waals surface area contributed by atoms with Gasteiger partial charge in [0.05, 0.1) is 17.8 Å². The monoisotopic (exact) mass is 539 g/mol. The van der Waals surface area contributed by atoms with Crippen LogP contribution in [0.1, 0.15) is 44.3 Å². The Morgan fingerprint density at radius 3 is 2.40 bits per heavy atom. The van der Waals surface area contributed by atoms with E-state index in [0.717, 1.165) is 44.3 Å². The van der Waals surface area contributed by atoms with Gasteiger partial charge in [0.15, 0.2) is 5.65 Å². The van der Waals surface area contributed by atoms with Crippen molar-refractivity contribution in [1.82, 2.24) is 24.5 Å². The van der Waals surface area contributed by atoms with E-state index in [1.165, 1.54) is 4.57 Å². The highest BCUT2D eigenvalue weighted by atomic mass is 16.5. The third kappa shape index (κ3) is 3.95.